The summed E-state index contributed by atoms with van der Waals surface area (Å²) in [6, 6.07) is 2.87. The van der Waals surface area contributed by atoms with E-state index in [9.17, 15) is 19.8 Å². The van der Waals surface area contributed by atoms with Crippen LogP contribution in [0.2, 0.25) is 6.32 Å². The molecule has 0 saturated carbocycles. The van der Waals surface area contributed by atoms with Gasteiger partial charge in [-0.2, -0.15) is 0 Å². The number of rotatable bonds is 8. The molecule has 1 fully saturated rings. The lowest BCUT2D eigenvalue weighted by atomic mass is 9.82. The number of aromatic carboxylic acids is 1. The minimum absolute atomic E-state index is 0.00623. The molecule has 0 spiro atoms. The second kappa shape index (κ2) is 7.52. The van der Waals surface area contributed by atoms with Gasteiger partial charge in [-0.1, -0.05) is 6.07 Å². The Morgan fingerprint density at radius 1 is 1.25 bits per heavy atom. The number of carboxylic acid groups (broad SMARTS) is 2. The molecule has 1 saturated heterocycles. The fourth-order valence-electron chi connectivity index (χ4n) is 2.50. The summed E-state index contributed by atoms with van der Waals surface area (Å²) < 4.78 is 5.54. The molecule has 130 valence electrons. The molecule has 10 heteroatoms. The number of ether oxygens (including phenoxy) is 1. The number of carbonyl (C=O) groups is 2. The molecule has 1 aromatic rings. The van der Waals surface area contributed by atoms with Gasteiger partial charge in [0.25, 0.3) is 0 Å². The SMILES string of the molecule is O=C(O)CN1CC(Oc2ccc(CCB(O)O)c(O)c2C(=O)O)C1. The van der Waals surface area contributed by atoms with Crippen LogP contribution >= 0.6 is 0 Å². The van der Waals surface area contributed by atoms with Crippen molar-refractivity contribution in [1.82, 2.24) is 4.90 Å². The largest absolute Gasteiger partial charge is 0.507 e. The first-order valence-electron chi connectivity index (χ1n) is 7.33. The lowest BCUT2D eigenvalue weighted by Gasteiger charge is -2.38. The van der Waals surface area contributed by atoms with E-state index in [1.165, 1.54) is 12.1 Å². The zero-order chi connectivity index (χ0) is 17.9. The Morgan fingerprint density at radius 2 is 1.92 bits per heavy atom. The number of carboxylic acids is 2. The Kier molecular flexibility index (Phi) is 5.65. The minimum atomic E-state index is -1.55. The summed E-state index contributed by atoms with van der Waals surface area (Å²) in [4.78, 5) is 23.6. The number of hydrogen-bond donors (Lipinski definition) is 5. The number of aryl methyl sites for hydroxylation is 1. The van der Waals surface area contributed by atoms with Gasteiger partial charge in [0.15, 0.2) is 0 Å². The van der Waals surface area contributed by atoms with Gasteiger partial charge in [0.1, 0.15) is 23.2 Å². The average Bonchev–Trinajstić information content (AvgIpc) is 2.43. The molecule has 5 N–H and O–H groups in total. The van der Waals surface area contributed by atoms with Crippen LogP contribution in [0, 0.1) is 0 Å². The molecule has 2 rings (SSSR count). The van der Waals surface area contributed by atoms with Gasteiger partial charge in [-0.15, -0.1) is 0 Å². The van der Waals surface area contributed by atoms with Gasteiger partial charge in [0.2, 0.25) is 0 Å². The number of aliphatic carboxylic acids is 1. The van der Waals surface area contributed by atoms with Crippen LogP contribution in [0.4, 0.5) is 0 Å². The number of phenols is 1. The van der Waals surface area contributed by atoms with E-state index >= 15 is 0 Å². The maximum atomic E-state index is 11.4. The van der Waals surface area contributed by atoms with Crippen molar-refractivity contribution < 1.29 is 39.7 Å². The Morgan fingerprint density at radius 3 is 2.46 bits per heavy atom. The Bertz CT molecular complexity index is 629. The summed E-state index contributed by atoms with van der Waals surface area (Å²) in [5.74, 6) is -2.79. The highest BCUT2D eigenvalue weighted by Crippen LogP contribution is 2.33. The van der Waals surface area contributed by atoms with Gasteiger partial charge in [-0.05, 0) is 24.4 Å². The predicted molar refractivity (Wildman–Crippen MR) is 82.3 cm³/mol. The number of nitrogens with zero attached hydrogens (tertiary/aromatic N) is 1. The first kappa shape index (κ1) is 18.0. The van der Waals surface area contributed by atoms with E-state index < -0.39 is 30.4 Å². The molecule has 1 aromatic carbocycles. The van der Waals surface area contributed by atoms with E-state index in [2.05, 4.69) is 0 Å². The predicted octanol–water partition coefficient (Wildman–Crippen LogP) is -0.747. The van der Waals surface area contributed by atoms with E-state index in [-0.39, 0.29) is 36.7 Å². The Hall–Kier alpha value is -2.30. The van der Waals surface area contributed by atoms with E-state index in [4.69, 9.17) is 19.9 Å². The van der Waals surface area contributed by atoms with E-state index in [1.807, 2.05) is 0 Å². The first-order valence-corrected chi connectivity index (χ1v) is 7.33. The van der Waals surface area contributed by atoms with Crippen molar-refractivity contribution in [2.24, 2.45) is 0 Å². The zero-order valence-corrected chi connectivity index (χ0v) is 12.8. The molecule has 24 heavy (non-hydrogen) atoms. The molecule has 0 aromatic heterocycles. The lowest BCUT2D eigenvalue weighted by Crippen LogP contribution is -2.55. The van der Waals surface area contributed by atoms with Crippen LogP contribution in [0.1, 0.15) is 15.9 Å². The molecule has 0 aliphatic carbocycles. The quantitative estimate of drug-likeness (QED) is 0.386. The molecule has 1 aliphatic rings. The number of hydrogen-bond acceptors (Lipinski definition) is 7. The number of likely N-dealkylation sites (tertiary alicyclic amines) is 1. The molecule has 1 aliphatic heterocycles. The summed E-state index contributed by atoms with van der Waals surface area (Å²) in [5, 5.41) is 45.8. The molecule has 9 nitrogen and oxygen atoms in total. The molecule has 0 radical (unpaired) electrons. The van der Waals surface area contributed by atoms with Gasteiger partial charge >= 0.3 is 19.1 Å². The monoisotopic (exact) mass is 339 g/mol. The Balaban J connectivity index is 2.09. The standard InChI is InChI=1S/C14H18BNO8/c17-11(18)7-16-5-9(6-16)24-10-2-1-8(3-4-15(22)23)13(19)12(10)14(20)21/h1-2,9,19,22-23H,3-7H2,(H,17,18)(H,20,21). The van der Waals surface area contributed by atoms with Crippen LogP contribution < -0.4 is 4.74 Å². The number of benzene rings is 1. The van der Waals surface area contributed by atoms with E-state index in [0.29, 0.717) is 13.1 Å². The molecule has 1 heterocycles. The van der Waals surface area contributed by atoms with Crippen LogP contribution in [0.25, 0.3) is 0 Å². The van der Waals surface area contributed by atoms with Crippen molar-refractivity contribution in [2.45, 2.75) is 18.8 Å². The van der Waals surface area contributed by atoms with Crippen LogP contribution in [0.15, 0.2) is 12.1 Å². The highest BCUT2D eigenvalue weighted by atomic mass is 16.5. The Labute approximate surface area is 137 Å². The summed E-state index contributed by atoms with van der Waals surface area (Å²) in [7, 11) is -1.55. The molecule has 0 bridgehead atoms. The second-order valence-electron chi connectivity index (χ2n) is 5.60. The minimum Gasteiger partial charge on any atom is -0.507 e. The van der Waals surface area contributed by atoms with Crippen LogP contribution in [-0.4, -0.2) is 75.1 Å². The smallest absolute Gasteiger partial charge is 0.451 e. The summed E-state index contributed by atoms with van der Waals surface area (Å²) in [6.45, 7) is 0.592. The van der Waals surface area contributed by atoms with Gasteiger partial charge < -0.3 is 30.1 Å². The summed E-state index contributed by atoms with van der Waals surface area (Å²) in [5.41, 5.74) is -0.120. The van der Waals surface area contributed by atoms with Crippen molar-refractivity contribution in [3.63, 3.8) is 0 Å². The van der Waals surface area contributed by atoms with Gasteiger partial charge in [-0.3, -0.25) is 9.69 Å². The topological polar surface area (TPSA) is 148 Å². The van der Waals surface area contributed by atoms with Crippen molar-refractivity contribution >= 4 is 19.1 Å². The highest BCUT2D eigenvalue weighted by molar-refractivity contribution is 6.41. The van der Waals surface area contributed by atoms with Crippen LogP contribution in [0.3, 0.4) is 0 Å². The number of aromatic hydroxyl groups is 1. The average molecular weight is 339 g/mol. The van der Waals surface area contributed by atoms with Crippen molar-refractivity contribution in [3.8, 4) is 11.5 Å². The van der Waals surface area contributed by atoms with Gasteiger partial charge in [0.05, 0.1) is 6.54 Å². The second-order valence-corrected chi connectivity index (χ2v) is 5.60. The normalized spacial score (nSPS) is 14.9. The van der Waals surface area contributed by atoms with Gasteiger partial charge in [-0.25, -0.2) is 4.79 Å². The van der Waals surface area contributed by atoms with Crippen molar-refractivity contribution in [2.75, 3.05) is 19.6 Å². The van der Waals surface area contributed by atoms with Crippen LogP contribution in [0.5, 0.6) is 11.5 Å². The highest BCUT2D eigenvalue weighted by Gasteiger charge is 2.31. The fourth-order valence-corrected chi connectivity index (χ4v) is 2.50. The first-order chi connectivity index (χ1) is 11.3. The summed E-state index contributed by atoms with van der Waals surface area (Å²) >= 11 is 0. The summed E-state index contributed by atoms with van der Waals surface area (Å²) in [6.07, 6.45) is -0.300. The van der Waals surface area contributed by atoms with E-state index in [1.54, 1.807) is 4.90 Å². The maximum Gasteiger partial charge on any atom is 0.451 e. The molecule has 0 atom stereocenters. The molecule has 0 unspecified atom stereocenters. The molecular formula is C14H18BNO8. The molecular weight excluding hydrogens is 321 g/mol. The van der Waals surface area contributed by atoms with Crippen molar-refractivity contribution in [1.29, 1.82) is 0 Å². The lowest BCUT2D eigenvalue weighted by molar-refractivity contribution is -0.140. The van der Waals surface area contributed by atoms with Crippen molar-refractivity contribution in [3.05, 3.63) is 23.3 Å². The molecule has 0 amide bonds. The van der Waals surface area contributed by atoms with E-state index in [0.717, 1.165) is 0 Å². The maximum absolute atomic E-state index is 11.4. The zero-order valence-electron chi connectivity index (χ0n) is 12.8. The third-order valence-corrected chi connectivity index (χ3v) is 3.69. The van der Waals surface area contributed by atoms with Crippen LogP contribution in [-0.2, 0) is 11.2 Å². The third-order valence-electron chi connectivity index (χ3n) is 3.69. The van der Waals surface area contributed by atoms with Gasteiger partial charge in [0, 0.05) is 13.1 Å². The third kappa shape index (κ3) is 4.37. The fraction of sp³-hybridized carbons (Fsp3) is 0.429.